The van der Waals surface area contributed by atoms with E-state index in [0.29, 0.717) is 40.1 Å². The fraction of sp³-hybridized carbons (Fsp3) is 0.0833. The van der Waals surface area contributed by atoms with Crippen molar-refractivity contribution in [2.24, 2.45) is 4.99 Å². The minimum Gasteiger partial charge on any atom is -0.463 e. The van der Waals surface area contributed by atoms with Crippen LogP contribution in [0.4, 0.5) is 0 Å². The quantitative estimate of drug-likeness (QED) is 0.439. The number of hydrogen-bond donors (Lipinski definition) is 0. The van der Waals surface area contributed by atoms with Gasteiger partial charge in [-0.25, -0.2) is 4.98 Å². The first kappa shape index (κ1) is 18.7. The summed E-state index contributed by atoms with van der Waals surface area (Å²) in [7, 11) is 0. The summed E-state index contributed by atoms with van der Waals surface area (Å²) in [4.78, 5) is 22.2. The molecule has 0 atom stereocenters. The van der Waals surface area contributed by atoms with Crippen molar-refractivity contribution >= 4 is 17.0 Å². The molecular formula is C24H18N4O3. The fourth-order valence-corrected chi connectivity index (χ4v) is 3.46. The van der Waals surface area contributed by atoms with E-state index in [2.05, 4.69) is 15.1 Å². The molecule has 7 heteroatoms. The van der Waals surface area contributed by atoms with E-state index in [1.165, 1.54) is 0 Å². The van der Waals surface area contributed by atoms with E-state index in [1.807, 2.05) is 59.3 Å². The van der Waals surface area contributed by atoms with Crippen molar-refractivity contribution in [1.82, 2.24) is 14.7 Å². The molecule has 0 spiro atoms. The first-order chi connectivity index (χ1) is 15.2. The zero-order valence-corrected chi connectivity index (χ0v) is 16.7. The fourth-order valence-electron chi connectivity index (χ4n) is 3.46. The molecule has 0 saturated heterocycles. The van der Waals surface area contributed by atoms with Crippen LogP contribution in [0.3, 0.4) is 0 Å². The maximum Gasteiger partial charge on any atom is 0.279 e. The molecule has 0 bridgehead atoms. The lowest BCUT2D eigenvalue weighted by atomic mass is 10.1. The molecule has 4 aromatic heterocycles. The van der Waals surface area contributed by atoms with Crippen molar-refractivity contribution < 1.29 is 13.7 Å². The van der Waals surface area contributed by atoms with Gasteiger partial charge in [0.05, 0.1) is 22.9 Å². The summed E-state index contributed by atoms with van der Waals surface area (Å²) in [5, 5.41) is 4.53. The topological polar surface area (TPSA) is 86.4 Å². The van der Waals surface area contributed by atoms with E-state index in [9.17, 15) is 4.79 Å². The number of amides is 1. The molecular weight excluding hydrogens is 392 g/mol. The Morgan fingerprint density at radius 1 is 1.06 bits per heavy atom. The molecule has 152 valence electrons. The molecule has 0 unspecified atom stereocenters. The standard InChI is InChI=1S/C24H18N4O3/c1-16-22-18(14-19(20-10-7-13-30-20)25-24(22)31-27-16)23(29)26-21-11-5-6-12-28(21)15-17-8-3-2-4-9-17/h2-14H,15H2,1H3. The average Bonchev–Trinajstić information content (AvgIpc) is 3.46. The molecule has 0 aliphatic heterocycles. The Kier molecular flexibility index (Phi) is 4.76. The highest BCUT2D eigenvalue weighted by Gasteiger charge is 2.20. The molecule has 7 nitrogen and oxygen atoms in total. The Morgan fingerprint density at radius 2 is 1.90 bits per heavy atom. The van der Waals surface area contributed by atoms with E-state index in [0.717, 1.165) is 5.56 Å². The van der Waals surface area contributed by atoms with Gasteiger partial charge in [0.25, 0.3) is 11.6 Å². The van der Waals surface area contributed by atoms with Gasteiger partial charge >= 0.3 is 0 Å². The molecule has 0 aliphatic carbocycles. The summed E-state index contributed by atoms with van der Waals surface area (Å²) in [6.45, 7) is 2.37. The van der Waals surface area contributed by atoms with Crippen molar-refractivity contribution in [1.29, 1.82) is 0 Å². The van der Waals surface area contributed by atoms with Gasteiger partial charge in [0.2, 0.25) is 0 Å². The minimum absolute atomic E-state index is 0.273. The van der Waals surface area contributed by atoms with E-state index in [1.54, 1.807) is 31.4 Å². The Balaban J connectivity index is 1.62. The Morgan fingerprint density at radius 3 is 2.71 bits per heavy atom. The predicted octanol–water partition coefficient (Wildman–Crippen LogP) is 4.38. The van der Waals surface area contributed by atoms with Crippen LogP contribution in [0.2, 0.25) is 0 Å². The van der Waals surface area contributed by atoms with Crippen LogP contribution in [-0.2, 0) is 6.54 Å². The van der Waals surface area contributed by atoms with Crippen LogP contribution in [0, 0.1) is 6.92 Å². The van der Waals surface area contributed by atoms with Crippen LogP contribution in [0.15, 0.2) is 93.1 Å². The molecule has 31 heavy (non-hydrogen) atoms. The van der Waals surface area contributed by atoms with E-state index in [-0.39, 0.29) is 5.71 Å². The Labute approximate surface area is 177 Å². The third-order valence-electron chi connectivity index (χ3n) is 4.95. The summed E-state index contributed by atoms with van der Waals surface area (Å²) in [5.41, 5.74) is 3.37. The average molecular weight is 410 g/mol. The number of pyridine rings is 2. The molecule has 1 amide bonds. The second-order valence-corrected chi connectivity index (χ2v) is 7.07. The Hall–Kier alpha value is -4.26. The number of rotatable bonds is 4. The number of aromatic nitrogens is 3. The SMILES string of the molecule is Cc1noc2nc(-c3ccco3)cc(C(=O)N=c3ccccn3Cc3ccccc3)c12. The molecule has 0 saturated carbocycles. The molecule has 5 aromatic rings. The highest BCUT2D eigenvalue weighted by Crippen LogP contribution is 2.27. The lowest BCUT2D eigenvalue weighted by molar-refractivity contribution is 0.0998. The van der Waals surface area contributed by atoms with Gasteiger partial charge in [-0.3, -0.25) is 4.79 Å². The van der Waals surface area contributed by atoms with E-state index < -0.39 is 5.91 Å². The van der Waals surface area contributed by atoms with Gasteiger partial charge in [-0.1, -0.05) is 41.6 Å². The summed E-state index contributed by atoms with van der Waals surface area (Å²) >= 11 is 0. The molecule has 0 N–H and O–H groups in total. The third kappa shape index (κ3) is 3.69. The van der Waals surface area contributed by atoms with E-state index >= 15 is 0 Å². The zero-order chi connectivity index (χ0) is 21.2. The van der Waals surface area contributed by atoms with Crippen LogP contribution in [0.25, 0.3) is 22.6 Å². The second-order valence-electron chi connectivity index (χ2n) is 7.07. The van der Waals surface area contributed by atoms with Gasteiger partial charge in [-0.05, 0) is 42.8 Å². The van der Waals surface area contributed by atoms with Crippen molar-refractivity contribution in [3.05, 3.63) is 101 Å². The van der Waals surface area contributed by atoms with E-state index in [4.69, 9.17) is 8.94 Å². The molecule has 0 aliphatic rings. The summed E-state index contributed by atoms with van der Waals surface area (Å²) in [5.74, 6) is 0.128. The van der Waals surface area contributed by atoms with Crippen LogP contribution < -0.4 is 5.49 Å². The van der Waals surface area contributed by atoms with Crippen molar-refractivity contribution in [2.45, 2.75) is 13.5 Å². The lowest BCUT2D eigenvalue weighted by Crippen LogP contribution is -2.22. The normalized spacial score (nSPS) is 11.8. The van der Waals surface area contributed by atoms with Gasteiger partial charge in [0.15, 0.2) is 5.76 Å². The minimum atomic E-state index is -0.403. The maximum absolute atomic E-state index is 13.3. The van der Waals surface area contributed by atoms with Gasteiger partial charge in [-0.15, -0.1) is 0 Å². The number of furan rings is 1. The second kappa shape index (κ2) is 7.87. The molecule has 1 aromatic carbocycles. The summed E-state index contributed by atoms with van der Waals surface area (Å²) in [6, 6.07) is 20.8. The van der Waals surface area contributed by atoms with Crippen LogP contribution in [0.1, 0.15) is 21.6 Å². The first-order valence-corrected chi connectivity index (χ1v) is 9.78. The lowest BCUT2D eigenvalue weighted by Gasteiger charge is -2.07. The predicted molar refractivity (Wildman–Crippen MR) is 114 cm³/mol. The maximum atomic E-state index is 13.3. The van der Waals surface area contributed by atoms with Gasteiger partial charge in [0, 0.05) is 12.7 Å². The molecule has 5 rings (SSSR count). The Bertz CT molecular complexity index is 1430. The van der Waals surface area contributed by atoms with Crippen molar-refractivity contribution in [2.75, 3.05) is 0 Å². The summed E-state index contributed by atoms with van der Waals surface area (Å²) < 4.78 is 12.7. The zero-order valence-electron chi connectivity index (χ0n) is 16.7. The highest BCUT2D eigenvalue weighted by molar-refractivity contribution is 6.07. The largest absolute Gasteiger partial charge is 0.463 e. The summed E-state index contributed by atoms with van der Waals surface area (Å²) in [6.07, 6.45) is 3.45. The van der Waals surface area contributed by atoms with Crippen LogP contribution in [-0.4, -0.2) is 20.6 Å². The smallest absolute Gasteiger partial charge is 0.279 e. The molecule has 0 radical (unpaired) electrons. The number of nitrogens with zero attached hydrogens (tertiary/aromatic N) is 4. The van der Waals surface area contributed by atoms with Gasteiger partial charge in [0.1, 0.15) is 11.2 Å². The molecule has 4 heterocycles. The number of benzene rings is 1. The third-order valence-corrected chi connectivity index (χ3v) is 4.95. The number of carbonyl (C=O) groups excluding carboxylic acids is 1. The molecule has 0 fully saturated rings. The van der Waals surface area contributed by atoms with Crippen LogP contribution in [0.5, 0.6) is 0 Å². The monoisotopic (exact) mass is 410 g/mol. The van der Waals surface area contributed by atoms with Crippen molar-refractivity contribution in [3.8, 4) is 11.5 Å². The number of aryl methyl sites for hydroxylation is 1. The number of carbonyl (C=O) groups is 1. The highest BCUT2D eigenvalue weighted by atomic mass is 16.5. The number of hydrogen-bond acceptors (Lipinski definition) is 5. The number of fused-ring (bicyclic) bond motifs is 1. The van der Waals surface area contributed by atoms with Crippen molar-refractivity contribution in [3.63, 3.8) is 0 Å². The van der Waals surface area contributed by atoms with Crippen LogP contribution >= 0.6 is 0 Å². The van der Waals surface area contributed by atoms with Gasteiger partial charge in [-0.2, -0.15) is 4.99 Å². The first-order valence-electron chi connectivity index (χ1n) is 9.78. The van der Waals surface area contributed by atoms with Gasteiger partial charge < -0.3 is 13.5 Å².